The number of hydrogen-bond donors (Lipinski definition) is 1. The molecule has 0 fully saturated rings. The van der Waals surface area contributed by atoms with Gasteiger partial charge in [0.2, 0.25) is 11.0 Å². The lowest BCUT2D eigenvalue weighted by Gasteiger charge is -2.01. The molecular formula is C16H19NO2S. The van der Waals surface area contributed by atoms with E-state index in [1.165, 1.54) is 18.7 Å². The fraction of sp³-hybridized carbons (Fsp3) is 0.250. The third kappa shape index (κ3) is 6.95. The minimum Gasteiger partial charge on any atom is -0.356 e. The molecule has 0 aliphatic heterocycles. The van der Waals surface area contributed by atoms with Gasteiger partial charge in [0.15, 0.2) is 0 Å². The lowest BCUT2D eigenvalue weighted by Crippen LogP contribution is -2.22. The van der Waals surface area contributed by atoms with E-state index in [1.54, 1.807) is 13.0 Å². The van der Waals surface area contributed by atoms with Crippen molar-refractivity contribution in [2.45, 2.75) is 13.8 Å². The molecule has 0 atom stereocenters. The molecule has 0 aromatic heterocycles. The Morgan fingerprint density at radius 1 is 1.20 bits per heavy atom. The highest BCUT2D eigenvalue weighted by Gasteiger charge is 2.03. The summed E-state index contributed by atoms with van der Waals surface area (Å²) in [6, 6.07) is 9.92. The zero-order valence-electron chi connectivity index (χ0n) is 11.8. The maximum Gasteiger partial charge on any atom is 0.216 e. The smallest absolute Gasteiger partial charge is 0.216 e. The number of carbonyl (C=O) groups excluding carboxylic acids is 2. The molecule has 1 aromatic rings. The molecule has 4 heteroatoms. The van der Waals surface area contributed by atoms with Gasteiger partial charge in [0, 0.05) is 24.8 Å². The van der Waals surface area contributed by atoms with Crippen LogP contribution in [0.5, 0.6) is 0 Å². The predicted molar refractivity (Wildman–Crippen MR) is 85.4 cm³/mol. The summed E-state index contributed by atoms with van der Waals surface area (Å²) >= 11 is 1.22. The van der Waals surface area contributed by atoms with E-state index >= 15 is 0 Å². The molecule has 20 heavy (non-hydrogen) atoms. The molecule has 1 N–H and O–H groups in total. The molecule has 1 amide bonds. The van der Waals surface area contributed by atoms with Crippen LogP contribution in [0.3, 0.4) is 0 Å². The number of nitrogens with one attached hydrogen (secondary N) is 1. The first-order chi connectivity index (χ1) is 9.59. The van der Waals surface area contributed by atoms with Gasteiger partial charge in [-0.2, -0.15) is 0 Å². The maximum absolute atomic E-state index is 11.8. The van der Waals surface area contributed by atoms with E-state index in [1.807, 2.05) is 42.5 Å². The van der Waals surface area contributed by atoms with Crippen molar-refractivity contribution in [3.8, 4) is 0 Å². The van der Waals surface area contributed by atoms with E-state index in [0.717, 1.165) is 5.56 Å². The fourth-order valence-corrected chi connectivity index (χ4v) is 2.11. The van der Waals surface area contributed by atoms with Crippen LogP contribution in [0.2, 0.25) is 0 Å². The number of rotatable bonds is 6. The SMILES string of the molecule is CC(=O)NCCSC(=O)C(C)=CC=Cc1ccccc1. The maximum atomic E-state index is 11.8. The first-order valence-corrected chi connectivity index (χ1v) is 7.39. The van der Waals surface area contributed by atoms with E-state index < -0.39 is 0 Å². The molecule has 0 aliphatic rings. The molecule has 0 saturated carbocycles. The van der Waals surface area contributed by atoms with Gasteiger partial charge in [0.25, 0.3) is 0 Å². The minimum atomic E-state index is -0.0730. The average Bonchev–Trinajstić information content (AvgIpc) is 2.44. The Labute approximate surface area is 124 Å². The summed E-state index contributed by atoms with van der Waals surface area (Å²) in [6.45, 7) is 3.77. The van der Waals surface area contributed by atoms with Gasteiger partial charge in [0.05, 0.1) is 0 Å². The molecule has 0 heterocycles. The van der Waals surface area contributed by atoms with E-state index in [2.05, 4.69) is 5.32 Å². The van der Waals surface area contributed by atoms with Crippen molar-refractivity contribution in [2.75, 3.05) is 12.3 Å². The zero-order valence-corrected chi connectivity index (χ0v) is 12.6. The average molecular weight is 289 g/mol. The van der Waals surface area contributed by atoms with Gasteiger partial charge in [-0.1, -0.05) is 60.3 Å². The summed E-state index contributed by atoms with van der Waals surface area (Å²) in [5.74, 6) is 0.516. The highest BCUT2D eigenvalue weighted by atomic mass is 32.2. The summed E-state index contributed by atoms with van der Waals surface area (Å²) in [5, 5.41) is 2.69. The van der Waals surface area contributed by atoms with Gasteiger partial charge in [-0.3, -0.25) is 9.59 Å². The summed E-state index contributed by atoms with van der Waals surface area (Å²) in [5.41, 5.74) is 1.80. The molecule has 0 saturated heterocycles. The molecule has 0 spiro atoms. The first-order valence-electron chi connectivity index (χ1n) is 6.41. The minimum absolute atomic E-state index is 0.0352. The van der Waals surface area contributed by atoms with E-state index in [4.69, 9.17) is 0 Å². The standard InChI is InChI=1S/C16H19NO2S/c1-13(16(19)20-12-11-17-14(2)18)7-6-10-15-8-4-3-5-9-15/h3-10H,11-12H2,1-2H3,(H,17,18). The Morgan fingerprint density at radius 3 is 2.55 bits per heavy atom. The molecule has 0 unspecified atom stereocenters. The number of thioether (sulfide) groups is 1. The van der Waals surface area contributed by atoms with Crippen LogP contribution in [-0.2, 0) is 9.59 Å². The molecular weight excluding hydrogens is 270 g/mol. The van der Waals surface area contributed by atoms with Crippen LogP contribution >= 0.6 is 11.8 Å². The van der Waals surface area contributed by atoms with Crippen molar-refractivity contribution in [1.82, 2.24) is 5.32 Å². The fourth-order valence-electron chi connectivity index (χ4n) is 1.42. The van der Waals surface area contributed by atoms with Crippen LogP contribution in [-0.4, -0.2) is 23.3 Å². The van der Waals surface area contributed by atoms with Gasteiger partial charge < -0.3 is 5.32 Å². The lowest BCUT2D eigenvalue weighted by atomic mass is 10.2. The van der Waals surface area contributed by atoms with Crippen LogP contribution in [0.25, 0.3) is 6.08 Å². The second kappa shape index (κ2) is 9.15. The monoisotopic (exact) mass is 289 g/mol. The Bertz CT molecular complexity index is 506. The van der Waals surface area contributed by atoms with Crippen molar-refractivity contribution >= 4 is 28.9 Å². The summed E-state index contributed by atoms with van der Waals surface area (Å²) in [7, 11) is 0. The van der Waals surface area contributed by atoms with Crippen LogP contribution < -0.4 is 5.32 Å². The topological polar surface area (TPSA) is 46.2 Å². The van der Waals surface area contributed by atoms with Crippen molar-refractivity contribution < 1.29 is 9.59 Å². The van der Waals surface area contributed by atoms with Gasteiger partial charge in [-0.15, -0.1) is 0 Å². The van der Waals surface area contributed by atoms with Crippen molar-refractivity contribution in [2.24, 2.45) is 0 Å². The number of amides is 1. The number of hydrogen-bond acceptors (Lipinski definition) is 3. The van der Waals surface area contributed by atoms with E-state index in [-0.39, 0.29) is 11.0 Å². The lowest BCUT2D eigenvalue weighted by molar-refractivity contribution is -0.118. The van der Waals surface area contributed by atoms with Crippen LogP contribution in [0.1, 0.15) is 19.4 Å². The van der Waals surface area contributed by atoms with E-state index in [9.17, 15) is 9.59 Å². The Morgan fingerprint density at radius 2 is 1.90 bits per heavy atom. The second-order valence-corrected chi connectivity index (χ2v) is 5.31. The second-order valence-electron chi connectivity index (χ2n) is 4.24. The van der Waals surface area contributed by atoms with Crippen molar-refractivity contribution in [3.63, 3.8) is 0 Å². The van der Waals surface area contributed by atoms with Gasteiger partial charge in [-0.25, -0.2) is 0 Å². The van der Waals surface area contributed by atoms with Crippen LogP contribution in [0.4, 0.5) is 0 Å². The number of allylic oxidation sites excluding steroid dienone is 2. The van der Waals surface area contributed by atoms with Gasteiger partial charge in [-0.05, 0) is 12.5 Å². The third-order valence-corrected chi connectivity index (χ3v) is 3.46. The van der Waals surface area contributed by atoms with Crippen molar-refractivity contribution in [3.05, 3.63) is 53.6 Å². The Hall–Kier alpha value is -1.81. The Kier molecular flexibility index (Phi) is 7.43. The quantitative estimate of drug-likeness (QED) is 0.497. The summed E-state index contributed by atoms with van der Waals surface area (Å²) < 4.78 is 0. The summed E-state index contributed by atoms with van der Waals surface area (Å²) in [6.07, 6.45) is 5.64. The first kappa shape index (κ1) is 16.2. The molecule has 106 valence electrons. The zero-order chi connectivity index (χ0) is 14.8. The highest BCUT2D eigenvalue weighted by molar-refractivity contribution is 8.14. The highest BCUT2D eigenvalue weighted by Crippen LogP contribution is 2.10. The molecule has 0 radical (unpaired) electrons. The largest absolute Gasteiger partial charge is 0.356 e. The normalized spacial score (nSPS) is 11.6. The third-order valence-electron chi connectivity index (χ3n) is 2.47. The van der Waals surface area contributed by atoms with Gasteiger partial charge in [0.1, 0.15) is 0 Å². The molecule has 0 aliphatic carbocycles. The Balaban J connectivity index is 2.38. The van der Waals surface area contributed by atoms with Crippen LogP contribution in [0, 0.1) is 0 Å². The predicted octanol–water partition coefficient (Wildman–Crippen LogP) is 3.04. The molecule has 1 aromatic carbocycles. The van der Waals surface area contributed by atoms with Crippen molar-refractivity contribution in [1.29, 1.82) is 0 Å². The number of benzene rings is 1. The van der Waals surface area contributed by atoms with Gasteiger partial charge >= 0.3 is 0 Å². The van der Waals surface area contributed by atoms with E-state index in [0.29, 0.717) is 17.9 Å². The molecule has 3 nitrogen and oxygen atoms in total. The van der Waals surface area contributed by atoms with Crippen LogP contribution in [0.15, 0.2) is 48.1 Å². The molecule has 0 bridgehead atoms. The summed E-state index contributed by atoms with van der Waals surface area (Å²) in [4.78, 5) is 22.5. The molecule has 1 rings (SSSR count). The number of carbonyl (C=O) groups is 2.